The molecule has 1 heterocycles. The maximum absolute atomic E-state index is 11.8. The van der Waals surface area contributed by atoms with Crippen molar-refractivity contribution in [1.29, 1.82) is 0 Å². The first kappa shape index (κ1) is 16.0. The molecule has 1 atom stereocenters. The van der Waals surface area contributed by atoms with Gasteiger partial charge >= 0.3 is 0 Å². The molecular formula is C10H21ClF2N2O. The average molecular weight is 259 g/mol. The Morgan fingerprint density at radius 3 is 2.75 bits per heavy atom. The van der Waals surface area contributed by atoms with Gasteiger partial charge in [-0.1, -0.05) is 6.42 Å². The summed E-state index contributed by atoms with van der Waals surface area (Å²) in [7, 11) is 0. The van der Waals surface area contributed by atoms with Gasteiger partial charge in [0.25, 0.3) is 6.43 Å². The number of piperidine rings is 1. The third kappa shape index (κ3) is 5.94. The second-order valence-corrected chi connectivity index (χ2v) is 3.89. The van der Waals surface area contributed by atoms with Gasteiger partial charge in [-0.15, -0.1) is 12.4 Å². The van der Waals surface area contributed by atoms with Crippen molar-refractivity contribution in [2.24, 2.45) is 5.73 Å². The molecule has 1 aliphatic heterocycles. The van der Waals surface area contributed by atoms with Gasteiger partial charge in [0.1, 0.15) is 6.61 Å². The summed E-state index contributed by atoms with van der Waals surface area (Å²) >= 11 is 0. The molecule has 1 unspecified atom stereocenters. The van der Waals surface area contributed by atoms with E-state index in [2.05, 4.69) is 4.90 Å². The number of likely N-dealkylation sites (tertiary alicyclic amines) is 1. The van der Waals surface area contributed by atoms with Crippen LogP contribution in [0.2, 0.25) is 0 Å². The van der Waals surface area contributed by atoms with Crippen LogP contribution in [0.5, 0.6) is 0 Å². The zero-order valence-corrected chi connectivity index (χ0v) is 10.2. The molecule has 2 N–H and O–H groups in total. The van der Waals surface area contributed by atoms with Crippen molar-refractivity contribution in [3.8, 4) is 0 Å². The summed E-state index contributed by atoms with van der Waals surface area (Å²) < 4.78 is 28.4. The molecule has 16 heavy (non-hydrogen) atoms. The fourth-order valence-corrected chi connectivity index (χ4v) is 1.98. The van der Waals surface area contributed by atoms with Crippen LogP contribution in [0, 0.1) is 0 Å². The summed E-state index contributed by atoms with van der Waals surface area (Å²) in [5, 5.41) is 0. The van der Waals surface area contributed by atoms with E-state index < -0.39 is 13.0 Å². The van der Waals surface area contributed by atoms with Crippen LogP contribution in [0.15, 0.2) is 0 Å². The Hall–Kier alpha value is 0.0300. The standard InChI is InChI=1S/C10H20F2N2O.ClH/c11-10(12)8-15-6-5-14-4-2-1-3-9(14)7-13;/h9-10H,1-8,13H2;1H. The number of rotatable bonds is 6. The van der Waals surface area contributed by atoms with E-state index in [-0.39, 0.29) is 12.4 Å². The number of alkyl halides is 2. The van der Waals surface area contributed by atoms with Gasteiger partial charge in [-0.2, -0.15) is 0 Å². The molecule has 0 radical (unpaired) electrons. The molecule has 3 nitrogen and oxygen atoms in total. The number of nitrogens with two attached hydrogens (primary N) is 1. The zero-order chi connectivity index (χ0) is 11.1. The summed E-state index contributed by atoms with van der Waals surface area (Å²) in [4.78, 5) is 2.25. The fourth-order valence-electron chi connectivity index (χ4n) is 1.98. The van der Waals surface area contributed by atoms with Gasteiger partial charge in [-0.25, -0.2) is 8.78 Å². The molecule has 1 aliphatic rings. The van der Waals surface area contributed by atoms with Gasteiger partial charge in [0, 0.05) is 19.1 Å². The second-order valence-electron chi connectivity index (χ2n) is 3.89. The van der Waals surface area contributed by atoms with E-state index in [4.69, 9.17) is 10.5 Å². The molecule has 0 aromatic rings. The van der Waals surface area contributed by atoms with E-state index in [0.29, 0.717) is 25.7 Å². The third-order valence-corrected chi connectivity index (χ3v) is 2.79. The first-order valence-corrected chi connectivity index (χ1v) is 5.54. The number of halogens is 3. The van der Waals surface area contributed by atoms with Gasteiger partial charge in [0.05, 0.1) is 6.61 Å². The van der Waals surface area contributed by atoms with Crippen molar-refractivity contribution in [3.63, 3.8) is 0 Å². The minimum atomic E-state index is -2.36. The van der Waals surface area contributed by atoms with Gasteiger partial charge in [0.15, 0.2) is 0 Å². The number of ether oxygens (including phenoxy) is 1. The number of hydrogen-bond donors (Lipinski definition) is 1. The maximum Gasteiger partial charge on any atom is 0.261 e. The lowest BCUT2D eigenvalue weighted by atomic mass is 10.0. The molecule has 0 bridgehead atoms. The topological polar surface area (TPSA) is 38.5 Å². The summed E-state index contributed by atoms with van der Waals surface area (Å²) in [5.41, 5.74) is 5.64. The monoisotopic (exact) mass is 258 g/mol. The van der Waals surface area contributed by atoms with Crippen molar-refractivity contribution in [2.75, 3.05) is 32.8 Å². The quantitative estimate of drug-likeness (QED) is 0.734. The lowest BCUT2D eigenvalue weighted by Gasteiger charge is -2.34. The van der Waals surface area contributed by atoms with Crippen molar-refractivity contribution in [1.82, 2.24) is 4.90 Å². The Bertz CT molecular complexity index is 175. The molecule has 1 rings (SSSR count). The van der Waals surface area contributed by atoms with Crippen LogP contribution >= 0.6 is 12.4 Å². The van der Waals surface area contributed by atoms with Crippen LogP contribution in [0.25, 0.3) is 0 Å². The second kappa shape index (κ2) is 9.10. The van der Waals surface area contributed by atoms with Gasteiger partial charge < -0.3 is 10.5 Å². The Kier molecular flexibility index (Phi) is 9.12. The number of nitrogens with zero attached hydrogens (tertiary/aromatic N) is 1. The molecule has 1 fully saturated rings. The van der Waals surface area contributed by atoms with Crippen LogP contribution < -0.4 is 5.73 Å². The van der Waals surface area contributed by atoms with Gasteiger partial charge in [-0.3, -0.25) is 4.90 Å². The molecule has 0 spiro atoms. The van der Waals surface area contributed by atoms with Crippen molar-refractivity contribution < 1.29 is 13.5 Å². The van der Waals surface area contributed by atoms with Crippen molar-refractivity contribution >= 4 is 12.4 Å². The summed E-state index contributed by atoms with van der Waals surface area (Å²) in [5.74, 6) is 0. The molecule has 98 valence electrons. The van der Waals surface area contributed by atoms with Crippen LogP contribution in [0.1, 0.15) is 19.3 Å². The molecule has 0 aromatic heterocycles. The predicted octanol–water partition coefficient (Wildman–Crippen LogP) is 1.50. The largest absolute Gasteiger partial charge is 0.374 e. The molecule has 1 saturated heterocycles. The van der Waals surface area contributed by atoms with Crippen LogP contribution in [0.3, 0.4) is 0 Å². The zero-order valence-electron chi connectivity index (χ0n) is 9.41. The molecule has 0 saturated carbocycles. The smallest absolute Gasteiger partial charge is 0.261 e. The first-order valence-electron chi connectivity index (χ1n) is 5.54. The van der Waals surface area contributed by atoms with Gasteiger partial charge in [-0.05, 0) is 19.4 Å². The Morgan fingerprint density at radius 1 is 1.38 bits per heavy atom. The van der Waals surface area contributed by atoms with Crippen molar-refractivity contribution in [3.05, 3.63) is 0 Å². The SMILES string of the molecule is Cl.NCC1CCCCN1CCOCC(F)F. The normalized spacial score (nSPS) is 22.1. The van der Waals surface area contributed by atoms with Crippen LogP contribution in [-0.2, 0) is 4.74 Å². The van der Waals surface area contributed by atoms with E-state index in [1.54, 1.807) is 0 Å². The van der Waals surface area contributed by atoms with Crippen molar-refractivity contribution in [2.45, 2.75) is 31.7 Å². The van der Waals surface area contributed by atoms with E-state index in [1.165, 1.54) is 12.8 Å². The summed E-state index contributed by atoms with van der Waals surface area (Å²) in [6, 6.07) is 0.411. The highest BCUT2D eigenvalue weighted by molar-refractivity contribution is 5.85. The van der Waals surface area contributed by atoms with Crippen LogP contribution in [0.4, 0.5) is 8.78 Å². The fraction of sp³-hybridized carbons (Fsp3) is 1.00. The van der Waals surface area contributed by atoms with Gasteiger partial charge in [0.2, 0.25) is 0 Å². The summed E-state index contributed by atoms with van der Waals surface area (Å²) in [6.45, 7) is 2.30. The Balaban J connectivity index is 0.00000225. The summed E-state index contributed by atoms with van der Waals surface area (Å²) in [6.07, 6.45) is 1.14. The highest BCUT2D eigenvalue weighted by atomic mass is 35.5. The predicted molar refractivity (Wildman–Crippen MR) is 62.3 cm³/mol. The molecule has 6 heteroatoms. The Morgan fingerprint density at radius 2 is 2.12 bits per heavy atom. The third-order valence-electron chi connectivity index (χ3n) is 2.79. The number of hydrogen-bond acceptors (Lipinski definition) is 3. The lowest BCUT2D eigenvalue weighted by molar-refractivity contribution is 0.00323. The minimum Gasteiger partial charge on any atom is -0.374 e. The lowest BCUT2D eigenvalue weighted by Crippen LogP contribution is -2.45. The van der Waals surface area contributed by atoms with Crippen LogP contribution in [-0.4, -0.2) is 50.2 Å². The average Bonchev–Trinajstić information content (AvgIpc) is 2.24. The first-order chi connectivity index (χ1) is 7.24. The van der Waals surface area contributed by atoms with E-state index in [9.17, 15) is 8.78 Å². The van der Waals surface area contributed by atoms with E-state index in [0.717, 1.165) is 13.0 Å². The molecule has 0 aliphatic carbocycles. The van der Waals surface area contributed by atoms with E-state index >= 15 is 0 Å². The maximum atomic E-state index is 11.8. The molecule has 0 aromatic carbocycles. The minimum absolute atomic E-state index is 0. The molecule has 0 amide bonds. The Labute approximate surface area is 102 Å². The molecular weight excluding hydrogens is 238 g/mol. The van der Waals surface area contributed by atoms with E-state index in [1.807, 2.05) is 0 Å². The highest BCUT2D eigenvalue weighted by Gasteiger charge is 2.20. The highest BCUT2D eigenvalue weighted by Crippen LogP contribution is 2.15.